The molecule has 0 aromatic heterocycles. The van der Waals surface area contributed by atoms with Crippen molar-refractivity contribution in [2.45, 2.75) is 26.1 Å². The van der Waals surface area contributed by atoms with E-state index in [1.165, 1.54) is 18.2 Å². The molecular formula is C16H14ClF3. The minimum absolute atomic E-state index is 0.198. The Bertz CT molecular complexity index is 642. The Morgan fingerprint density at radius 2 is 1.35 bits per heavy atom. The van der Waals surface area contributed by atoms with Gasteiger partial charge in [0.05, 0.1) is 5.38 Å². The van der Waals surface area contributed by atoms with Crippen LogP contribution in [0.5, 0.6) is 0 Å². The number of halogens is 4. The summed E-state index contributed by atoms with van der Waals surface area (Å²) < 4.78 is 40.5. The number of hydrogen-bond donors (Lipinski definition) is 0. The first kappa shape index (κ1) is 14.9. The summed E-state index contributed by atoms with van der Waals surface area (Å²) in [6.45, 7) is 4.98. The molecule has 0 spiro atoms. The van der Waals surface area contributed by atoms with Gasteiger partial charge < -0.3 is 0 Å². The first-order valence-corrected chi connectivity index (χ1v) is 6.61. The van der Waals surface area contributed by atoms with Crippen LogP contribution < -0.4 is 0 Å². The van der Waals surface area contributed by atoms with E-state index in [2.05, 4.69) is 0 Å². The van der Waals surface area contributed by atoms with E-state index in [0.717, 1.165) is 6.07 Å². The molecule has 0 bridgehead atoms. The molecule has 2 aromatic rings. The predicted octanol–water partition coefficient (Wildman–Crippen LogP) is 5.36. The lowest BCUT2D eigenvalue weighted by Crippen LogP contribution is -2.04. The van der Waals surface area contributed by atoms with E-state index in [1.807, 2.05) is 0 Å². The topological polar surface area (TPSA) is 0 Å². The van der Waals surface area contributed by atoms with Crippen molar-refractivity contribution in [1.82, 2.24) is 0 Å². The van der Waals surface area contributed by atoms with Gasteiger partial charge in [-0.05, 0) is 61.2 Å². The largest absolute Gasteiger partial charge is 0.207 e. The molecule has 0 heterocycles. The molecule has 0 aliphatic rings. The van der Waals surface area contributed by atoms with E-state index < -0.39 is 17.0 Å². The highest BCUT2D eigenvalue weighted by Gasteiger charge is 2.21. The van der Waals surface area contributed by atoms with Crippen molar-refractivity contribution >= 4 is 11.6 Å². The lowest BCUT2D eigenvalue weighted by atomic mass is 9.94. The van der Waals surface area contributed by atoms with Crippen LogP contribution in [0.2, 0.25) is 0 Å². The van der Waals surface area contributed by atoms with Gasteiger partial charge in [-0.1, -0.05) is 0 Å². The summed E-state index contributed by atoms with van der Waals surface area (Å²) in [5.74, 6) is -1.66. The van der Waals surface area contributed by atoms with Crippen LogP contribution in [0.3, 0.4) is 0 Å². The lowest BCUT2D eigenvalue weighted by Gasteiger charge is -2.17. The predicted molar refractivity (Wildman–Crippen MR) is 74.7 cm³/mol. The number of rotatable bonds is 2. The summed E-state index contributed by atoms with van der Waals surface area (Å²) in [5.41, 5.74) is 2.46. The minimum atomic E-state index is -0.783. The maximum Gasteiger partial charge on any atom is 0.131 e. The fourth-order valence-electron chi connectivity index (χ4n) is 2.35. The first-order chi connectivity index (χ1) is 9.31. The molecule has 2 aromatic carbocycles. The van der Waals surface area contributed by atoms with Crippen LogP contribution in [-0.2, 0) is 0 Å². The van der Waals surface area contributed by atoms with Gasteiger partial charge in [0, 0.05) is 11.6 Å². The van der Waals surface area contributed by atoms with Crippen molar-refractivity contribution in [2.75, 3.05) is 0 Å². The molecule has 0 N–H and O–H groups in total. The van der Waals surface area contributed by atoms with E-state index in [4.69, 9.17) is 11.6 Å². The molecule has 0 nitrogen and oxygen atoms in total. The SMILES string of the molecule is Cc1cc(C(Cl)c2c(C)cc(F)cc2C)c(F)cc1F. The second kappa shape index (κ2) is 5.49. The highest BCUT2D eigenvalue weighted by atomic mass is 35.5. The third-order valence-electron chi connectivity index (χ3n) is 3.36. The Morgan fingerprint density at radius 3 is 1.90 bits per heavy atom. The van der Waals surface area contributed by atoms with Crippen LogP contribution >= 0.6 is 11.6 Å². The molecule has 0 saturated carbocycles. The van der Waals surface area contributed by atoms with Crippen molar-refractivity contribution in [1.29, 1.82) is 0 Å². The average Bonchev–Trinajstić information content (AvgIpc) is 2.32. The molecular weight excluding hydrogens is 285 g/mol. The normalized spacial score (nSPS) is 12.6. The standard InChI is InChI=1S/C16H14ClF3/c1-8-6-12(14(20)7-13(8)19)16(17)15-9(2)4-11(18)5-10(15)3/h4-7,16H,1-3H3. The van der Waals surface area contributed by atoms with Crippen LogP contribution in [0.1, 0.15) is 33.2 Å². The second-order valence-corrected chi connectivity index (χ2v) is 5.38. The maximum atomic E-state index is 13.9. The third kappa shape index (κ3) is 2.68. The van der Waals surface area contributed by atoms with Gasteiger partial charge in [0.1, 0.15) is 17.5 Å². The molecule has 0 saturated heterocycles. The first-order valence-electron chi connectivity index (χ1n) is 6.17. The molecule has 1 unspecified atom stereocenters. The van der Waals surface area contributed by atoms with Crippen LogP contribution in [0.25, 0.3) is 0 Å². The van der Waals surface area contributed by atoms with Crippen molar-refractivity contribution in [2.24, 2.45) is 0 Å². The molecule has 20 heavy (non-hydrogen) atoms. The molecule has 106 valence electrons. The average molecular weight is 299 g/mol. The molecule has 1 atom stereocenters. The number of benzene rings is 2. The van der Waals surface area contributed by atoms with E-state index in [0.29, 0.717) is 22.3 Å². The summed E-state index contributed by atoms with van der Waals surface area (Å²) in [4.78, 5) is 0. The third-order valence-corrected chi connectivity index (χ3v) is 3.82. The Hall–Kier alpha value is -1.48. The van der Waals surface area contributed by atoms with Gasteiger partial charge in [-0.15, -0.1) is 11.6 Å². The summed E-state index contributed by atoms with van der Waals surface area (Å²) >= 11 is 6.34. The zero-order valence-corrected chi connectivity index (χ0v) is 12.2. The van der Waals surface area contributed by atoms with E-state index in [-0.39, 0.29) is 11.4 Å². The second-order valence-electron chi connectivity index (χ2n) is 4.94. The molecule has 0 aliphatic heterocycles. The summed E-state index contributed by atoms with van der Waals surface area (Å²) in [7, 11) is 0. The maximum absolute atomic E-state index is 13.9. The highest BCUT2D eigenvalue weighted by Crippen LogP contribution is 2.35. The molecule has 2 rings (SSSR count). The Morgan fingerprint density at radius 1 is 0.800 bits per heavy atom. The number of hydrogen-bond acceptors (Lipinski definition) is 0. The smallest absolute Gasteiger partial charge is 0.131 e. The van der Waals surface area contributed by atoms with Crippen molar-refractivity contribution in [3.8, 4) is 0 Å². The molecule has 0 amide bonds. The molecule has 0 aliphatic carbocycles. The van der Waals surface area contributed by atoms with Crippen LogP contribution in [0.15, 0.2) is 24.3 Å². The Kier molecular flexibility index (Phi) is 4.09. The highest BCUT2D eigenvalue weighted by molar-refractivity contribution is 6.22. The van der Waals surface area contributed by atoms with E-state index >= 15 is 0 Å². The van der Waals surface area contributed by atoms with E-state index in [9.17, 15) is 13.2 Å². The number of aryl methyl sites for hydroxylation is 3. The van der Waals surface area contributed by atoms with Gasteiger partial charge in [0.25, 0.3) is 0 Å². The molecule has 0 fully saturated rings. The summed E-state index contributed by atoms with van der Waals surface area (Å²) in [6.07, 6.45) is 0. The van der Waals surface area contributed by atoms with Crippen LogP contribution in [-0.4, -0.2) is 0 Å². The quantitative estimate of drug-likeness (QED) is 0.655. The monoisotopic (exact) mass is 298 g/mol. The van der Waals surface area contributed by atoms with Crippen molar-refractivity contribution in [3.63, 3.8) is 0 Å². The van der Waals surface area contributed by atoms with Crippen LogP contribution in [0, 0.1) is 38.2 Å². The molecule has 4 heteroatoms. The van der Waals surface area contributed by atoms with Gasteiger partial charge in [0.15, 0.2) is 0 Å². The fourth-order valence-corrected chi connectivity index (χ4v) is 2.86. The Labute approximate surface area is 121 Å². The van der Waals surface area contributed by atoms with Gasteiger partial charge in [0.2, 0.25) is 0 Å². The molecule has 0 radical (unpaired) electrons. The van der Waals surface area contributed by atoms with Crippen LogP contribution in [0.4, 0.5) is 13.2 Å². The Balaban J connectivity index is 2.57. The number of alkyl halides is 1. The van der Waals surface area contributed by atoms with Gasteiger partial charge in [-0.2, -0.15) is 0 Å². The van der Waals surface area contributed by atoms with Crippen molar-refractivity contribution in [3.05, 3.63) is 69.5 Å². The zero-order valence-electron chi connectivity index (χ0n) is 11.4. The van der Waals surface area contributed by atoms with Gasteiger partial charge in [-0.25, -0.2) is 13.2 Å². The van der Waals surface area contributed by atoms with Gasteiger partial charge in [-0.3, -0.25) is 0 Å². The van der Waals surface area contributed by atoms with E-state index in [1.54, 1.807) is 20.8 Å². The summed E-state index contributed by atoms with van der Waals surface area (Å²) in [6, 6.07) is 4.93. The lowest BCUT2D eigenvalue weighted by molar-refractivity contribution is 0.568. The fraction of sp³-hybridized carbons (Fsp3) is 0.250. The minimum Gasteiger partial charge on any atom is -0.207 e. The zero-order chi connectivity index (χ0) is 15.0. The van der Waals surface area contributed by atoms with Crippen molar-refractivity contribution < 1.29 is 13.2 Å². The van der Waals surface area contributed by atoms with Gasteiger partial charge >= 0.3 is 0 Å². The summed E-state index contributed by atoms with van der Waals surface area (Å²) in [5, 5.41) is -0.783.